The molecule has 208 valence electrons. The minimum atomic E-state index is -4.39. The zero-order valence-corrected chi connectivity index (χ0v) is 22.2. The molecule has 0 saturated carbocycles. The van der Waals surface area contributed by atoms with Gasteiger partial charge in [0, 0.05) is 24.8 Å². The first-order valence-corrected chi connectivity index (χ1v) is 12.8. The van der Waals surface area contributed by atoms with E-state index in [-0.39, 0.29) is 30.1 Å². The third kappa shape index (κ3) is 6.71. The number of hydrogen-bond acceptors (Lipinski definition) is 6. The Bertz CT molecular complexity index is 1340. The lowest BCUT2D eigenvalue weighted by Crippen LogP contribution is -2.39. The highest BCUT2D eigenvalue weighted by Gasteiger charge is 2.30. The predicted octanol–water partition coefficient (Wildman–Crippen LogP) is 5.62. The molecular formula is C27H32F3N7O2. The first-order chi connectivity index (χ1) is 18.4. The lowest BCUT2D eigenvalue weighted by atomic mass is 10.0. The second-order valence-electron chi connectivity index (χ2n) is 10.7. The molecule has 3 aromatic rings. The summed E-state index contributed by atoms with van der Waals surface area (Å²) < 4.78 is 47.3. The number of halogens is 3. The topological polar surface area (TPSA) is 115 Å². The molecule has 0 atom stereocenters. The van der Waals surface area contributed by atoms with E-state index >= 15 is 0 Å². The van der Waals surface area contributed by atoms with E-state index in [0.29, 0.717) is 29.9 Å². The molecule has 1 aliphatic rings. The summed E-state index contributed by atoms with van der Waals surface area (Å²) in [5.41, 5.74) is 7.01. The Kier molecular flexibility index (Phi) is 7.90. The minimum absolute atomic E-state index is 0.0335. The van der Waals surface area contributed by atoms with Crippen LogP contribution in [0.5, 0.6) is 0 Å². The van der Waals surface area contributed by atoms with Crippen LogP contribution in [0.15, 0.2) is 36.7 Å². The van der Waals surface area contributed by atoms with Crippen molar-refractivity contribution in [3.63, 3.8) is 0 Å². The molecule has 1 fully saturated rings. The third-order valence-electron chi connectivity index (χ3n) is 6.52. The van der Waals surface area contributed by atoms with Crippen LogP contribution >= 0.6 is 0 Å². The number of nitrogens with two attached hydrogens (primary N) is 1. The lowest BCUT2D eigenvalue weighted by molar-refractivity contribution is -0.137. The van der Waals surface area contributed by atoms with Crippen molar-refractivity contribution in [2.24, 2.45) is 0 Å². The van der Waals surface area contributed by atoms with Crippen molar-refractivity contribution in [3.05, 3.63) is 53.3 Å². The maximum Gasteiger partial charge on any atom is 0.416 e. The van der Waals surface area contributed by atoms with Gasteiger partial charge in [-0.05, 0) is 64.2 Å². The van der Waals surface area contributed by atoms with Crippen molar-refractivity contribution < 1.29 is 22.7 Å². The molecule has 0 spiro atoms. The number of ether oxygens (including phenoxy) is 1. The van der Waals surface area contributed by atoms with Crippen LogP contribution in [-0.4, -0.2) is 49.2 Å². The van der Waals surface area contributed by atoms with E-state index in [9.17, 15) is 23.2 Å². The standard InChI is InChI=1S/C27H32F3N7O2/c1-26(2,3)39-25(38)35-12-4-6-21(7-5-13-35)37-24(32)22(14-31)23(34-37)19-15-33-36(17-19)16-18-8-10-20(11-9-18)27(28,29)30/h8-11,15,17,21H,4-7,12-13,16,32H2,1-3H3. The second kappa shape index (κ2) is 11.0. The van der Waals surface area contributed by atoms with Gasteiger partial charge in [0.05, 0.1) is 24.3 Å². The molecule has 1 saturated heterocycles. The number of alkyl halides is 3. The Morgan fingerprint density at radius 1 is 1.15 bits per heavy atom. The fraction of sp³-hybridized carbons (Fsp3) is 0.481. The average molecular weight is 544 g/mol. The summed E-state index contributed by atoms with van der Waals surface area (Å²) in [6.45, 7) is 6.90. The van der Waals surface area contributed by atoms with E-state index in [2.05, 4.69) is 11.2 Å². The summed E-state index contributed by atoms with van der Waals surface area (Å²) in [6.07, 6.45) is 1.46. The van der Waals surface area contributed by atoms with Crippen LogP contribution in [0.25, 0.3) is 11.3 Å². The van der Waals surface area contributed by atoms with E-state index in [1.54, 1.807) is 26.7 Å². The monoisotopic (exact) mass is 543 g/mol. The Balaban J connectivity index is 1.47. The van der Waals surface area contributed by atoms with Crippen LogP contribution < -0.4 is 5.73 Å². The fourth-order valence-electron chi connectivity index (χ4n) is 4.64. The quantitative estimate of drug-likeness (QED) is 0.457. The van der Waals surface area contributed by atoms with Gasteiger partial charge in [0.2, 0.25) is 0 Å². The highest BCUT2D eigenvalue weighted by molar-refractivity contribution is 5.72. The number of rotatable bonds is 4. The molecule has 1 aromatic carbocycles. The zero-order valence-electron chi connectivity index (χ0n) is 22.2. The second-order valence-corrected chi connectivity index (χ2v) is 10.7. The number of aromatic nitrogens is 4. The van der Waals surface area contributed by atoms with Gasteiger partial charge in [-0.15, -0.1) is 0 Å². The van der Waals surface area contributed by atoms with Gasteiger partial charge in [0.25, 0.3) is 0 Å². The van der Waals surface area contributed by atoms with Crippen LogP contribution in [0.4, 0.5) is 23.8 Å². The Morgan fingerprint density at radius 3 is 2.36 bits per heavy atom. The molecule has 2 N–H and O–H groups in total. The van der Waals surface area contributed by atoms with E-state index in [1.165, 1.54) is 12.1 Å². The molecule has 39 heavy (non-hydrogen) atoms. The van der Waals surface area contributed by atoms with Gasteiger partial charge < -0.3 is 15.4 Å². The molecule has 0 aliphatic carbocycles. The molecule has 4 rings (SSSR count). The number of hydrogen-bond donors (Lipinski definition) is 1. The highest BCUT2D eigenvalue weighted by atomic mass is 19.4. The molecule has 0 bridgehead atoms. The Labute approximate surface area is 224 Å². The maximum atomic E-state index is 12.8. The van der Waals surface area contributed by atoms with Crippen molar-refractivity contribution in [2.75, 3.05) is 18.8 Å². The minimum Gasteiger partial charge on any atom is -0.444 e. The molecule has 0 unspecified atom stereocenters. The molecule has 2 aromatic heterocycles. The lowest BCUT2D eigenvalue weighted by Gasteiger charge is -2.30. The van der Waals surface area contributed by atoms with Gasteiger partial charge in [0.15, 0.2) is 0 Å². The van der Waals surface area contributed by atoms with Crippen LogP contribution in [0.1, 0.15) is 69.2 Å². The highest BCUT2D eigenvalue weighted by Crippen LogP contribution is 2.33. The van der Waals surface area contributed by atoms with Gasteiger partial charge in [0.1, 0.15) is 28.7 Å². The smallest absolute Gasteiger partial charge is 0.416 e. The molecule has 1 aliphatic heterocycles. The number of carbonyl (C=O) groups is 1. The van der Waals surface area contributed by atoms with Gasteiger partial charge >= 0.3 is 12.3 Å². The molecule has 12 heteroatoms. The van der Waals surface area contributed by atoms with Gasteiger partial charge in [-0.25, -0.2) is 9.48 Å². The number of nitrogen functional groups attached to an aromatic ring is 1. The summed E-state index contributed by atoms with van der Waals surface area (Å²) in [5, 5.41) is 18.8. The number of carbonyl (C=O) groups excluding carboxylic acids is 1. The largest absolute Gasteiger partial charge is 0.444 e. The number of anilines is 1. The first kappa shape index (κ1) is 28.0. The third-order valence-corrected chi connectivity index (χ3v) is 6.52. The van der Waals surface area contributed by atoms with Gasteiger partial charge in [-0.2, -0.15) is 28.6 Å². The van der Waals surface area contributed by atoms with E-state index in [1.807, 2.05) is 20.8 Å². The van der Waals surface area contributed by atoms with Crippen molar-refractivity contribution in [2.45, 2.75) is 70.8 Å². The average Bonchev–Trinajstić information content (AvgIpc) is 3.41. The van der Waals surface area contributed by atoms with Crippen molar-refractivity contribution in [3.8, 4) is 17.3 Å². The number of nitriles is 1. The Hall–Kier alpha value is -4.01. The molecular weight excluding hydrogens is 511 g/mol. The van der Waals surface area contributed by atoms with Crippen LogP contribution in [-0.2, 0) is 17.5 Å². The van der Waals surface area contributed by atoms with Gasteiger partial charge in [-0.1, -0.05) is 12.1 Å². The summed E-state index contributed by atoms with van der Waals surface area (Å²) in [5.74, 6) is 0.276. The normalized spacial score (nSPS) is 15.5. The maximum absolute atomic E-state index is 12.8. The summed E-state index contributed by atoms with van der Waals surface area (Å²) >= 11 is 0. The van der Waals surface area contributed by atoms with E-state index in [4.69, 9.17) is 15.6 Å². The number of benzene rings is 1. The van der Waals surface area contributed by atoms with Gasteiger partial charge in [-0.3, -0.25) is 4.68 Å². The first-order valence-electron chi connectivity index (χ1n) is 12.8. The van der Waals surface area contributed by atoms with Crippen LogP contribution in [0.2, 0.25) is 0 Å². The van der Waals surface area contributed by atoms with Crippen molar-refractivity contribution in [1.29, 1.82) is 5.26 Å². The molecule has 9 nitrogen and oxygen atoms in total. The summed E-state index contributed by atoms with van der Waals surface area (Å²) in [7, 11) is 0. The van der Waals surface area contributed by atoms with E-state index < -0.39 is 17.3 Å². The van der Waals surface area contributed by atoms with Crippen LogP contribution in [0.3, 0.4) is 0 Å². The fourth-order valence-corrected chi connectivity index (χ4v) is 4.64. The zero-order chi connectivity index (χ0) is 28.4. The molecule has 3 heterocycles. The van der Waals surface area contributed by atoms with Crippen molar-refractivity contribution >= 4 is 11.9 Å². The van der Waals surface area contributed by atoms with Crippen LogP contribution in [0, 0.1) is 11.3 Å². The summed E-state index contributed by atoms with van der Waals surface area (Å²) in [6, 6.07) is 7.02. The predicted molar refractivity (Wildman–Crippen MR) is 138 cm³/mol. The summed E-state index contributed by atoms with van der Waals surface area (Å²) in [4.78, 5) is 14.2. The Morgan fingerprint density at radius 2 is 1.79 bits per heavy atom. The number of amides is 1. The van der Waals surface area contributed by atoms with E-state index in [0.717, 1.165) is 37.8 Å². The molecule has 1 amide bonds. The molecule has 0 radical (unpaired) electrons. The SMILES string of the molecule is CC(C)(C)OC(=O)N1CCCC(n2nc(-c3cnn(Cc4ccc(C(F)(F)F)cc4)c3)c(C#N)c2N)CCC1. The van der Waals surface area contributed by atoms with Crippen molar-refractivity contribution in [1.82, 2.24) is 24.5 Å². The number of likely N-dealkylation sites (tertiary alicyclic amines) is 1. The number of nitrogens with zero attached hydrogens (tertiary/aromatic N) is 6.